The number of ether oxygens (including phenoxy) is 2. The minimum absolute atomic E-state index is 0.0463. The molecular formula is C28H32N2O4. The zero-order chi connectivity index (χ0) is 24.2. The maximum Gasteiger partial charge on any atom is 0.254 e. The summed E-state index contributed by atoms with van der Waals surface area (Å²) in [5.74, 6) is 1.20. The average molecular weight is 461 g/mol. The van der Waals surface area contributed by atoms with Crippen molar-refractivity contribution < 1.29 is 19.1 Å². The summed E-state index contributed by atoms with van der Waals surface area (Å²) in [7, 11) is 3.24. The van der Waals surface area contributed by atoms with Gasteiger partial charge in [0.1, 0.15) is 6.54 Å². The normalized spacial score (nSPS) is 15.1. The number of fused-ring (bicyclic) bond motifs is 2. The topological polar surface area (TPSA) is 59.1 Å². The lowest BCUT2D eigenvalue weighted by Crippen LogP contribution is -2.46. The largest absolute Gasteiger partial charge is 0.493 e. The monoisotopic (exact) mass is 460 g/mol. The van der Waals surface area contributed by atoms with Crippen molar-refractivity contribution in [3.05, 3.63) is 71.3 Å². The molecule has 0 aliphatic carbocycles. The van der Waals surface area contributed by atoms with Gasteiger partial charge in [0, 0.05) is 18.7 Å². The number of carbonyl (C=O) groups is 2. The molecule has 0 saturated carbocycles. The van der Waals surface area contributed by atoms with Crippen molar-refractivity contribution in [1.82, 2.24) is 9.80 Å². The maximum absolute atomic E-state index is 13.5. The summed E-state index contributed by atoms with van der Waals surface area (Å²) in [4.78, 5) is 30.5. The van der Waals surface area contributed by atoms with Crippen LogP contribution in [0.4, 0.5) is 0 Å². The third kappa shape index (κ3) is 4.45. The van der Waals surface area contributed by atoms with Crippen LogP contribution in [0, 0.1) is 0 Å². The minimum atomic E-state index is -0.118. The molecule has 178 valence electrons. The Morgan fingerprint density at radius 2 is 1.74 bits per heavy atom. The second-order valence-corrected chi connectivity index (χ2v) is 8.67. The number of benzene rings is 3. The lowest BCUT2D eigenvalue weighted by Gasteiger charge is -2.37. The summed E-state index contributed by atoms with van der Waals surface area (Å²) >= 11 is 0. The Bertz CT molecular complexity index is 1200. The number of hydrogen-bond acceptors (Lipinski definition) is 4. The van der Waals surface area contributed by atoms with Gasteiger partial charge in [-0.1, -0.05) is 43.3 Å². The van der Waals surface area contributed by atoms with Crippen LogP contribution in [0.2, 0.25) is 0 Å². The molecule has 2 amide bonds. The van der Waals surface area contributed by atoms with Gasteiger partial charge in [-0.2, -0.15) is 0 Å². The van der Waals surface area contributed by atoms with Crippen LogP contribution in [0.3, 0.4) is 0 Å². The molecule has 3 aromatic rings. The van der Waals surface area contributed by atoms with Gasteiger partial charge in [-0.25, -0.2) is 0 Å². The number of nitrogens with zero attached hydrogens (tertiary/aromatic N) is 2. The molecule has 0 bridgehead atoms. The van der Waals surface area contributed by atoms with Crippen LogP contribution < -0.4 is 9.47 Å². The van der Waals surface area contributed by atoms with Gasteiger partial charge >= 0.3 is 0 Å². The summed E-state index contributed by atoms with van der Waals surface area (Å²) in [5, 5.41) is 1.92. The molecule has 6 heteroatoms. The van der Waals surface area contributed by atoms with Crippen molar-refractivity contribution in [2.75, 3.05) is 33.9 Å². The Hall–Kier alpha value is -3.54. The first-order valence-electron chi connectivity index (χ1n) is 11.8. The Morgan fingerprint density at radius 3 is 2.47 bits per heavy atom. The Balaban J connectivity index is 1.57. The molecule has 0 fully saturated rings. The van der Waals surface area contributed by atoms with E-state index >= 15 is 0 Å². The van der Waals surface area contributed by atoms with E-state index in [-0.39, 0.29) is 24.4 Å². The highest BCUT2D eigenvalue weighted by Gasteiger charge is 2.31. The highest BCUT2D eigenvalue weighted by molar-refractivity contribution is 6.07. The molecule has 3 aromatic carbocycles. The molecule has 1 unspecified atom stereocenters. The second-order valence-electron chi connectivity index (χ2n) is 8.67. The van der Waals surface area contributed by atoms with Crippen LogP contribution in [0.5, 0.6) is 11.5 Å². The SMILES string of the molecule is CCCN(CC(=O)N1CCc2cc(OC)c(OC)cc2C1C)C(=O)c1cccc2ccccc12. The number of amides is 2. The predicted octanol–water partition coefficient (Wildman–Crippen LogP) is 4.86. The Labute approximate surface area is 201 Å². The zero-order valence-electron chi connectivity index (χ0n) is 20.3. The fraction of sp³-hybridized carbons (Fsp3) is 0.357. The lowest BCUT2D eigenvalue weighted by molar-refractivity contribution is -0.134. The third-order valence-corrected chi connectivity index (χ3v) is 6.63. The molecule has 4 rings (SSSR count). The molecule has 0 aromatic heterocycles. The lowest BCUT2D eigenvalue weighted by atomic mass is 9.92. The molecule has 34 heavy (non-hydrogen) atoms. The summed E-state index contributed by atoms with van der Waals surface area (Å²) in [5.41, 5.74) is 2.85. The highest BCUT2D eigenvalue weighted by Crippen LogP contribution is 2.38. The Kier molecular flexibility index (Phi) is 7.06. The van der Waals surface area contributed by atoms with Crippen molar-refractivity contribution in [3.63, 3.8) is 0 Å². The molecule has 0 spiro atoms. The highest BCUT2D eigenvalue weighted by atomic mass is 16.5. The molecule has 1 atom stereocenters. The number of methoxy groups -OCH3 is 2. The molecule has 1 aliphatic heterocycles. The molecule has 1 aliphatic rings. The summed E-state index contributed by atoms with van der Waals surface area (Å²) in [6.07, 6.45) is 1.51. The first-order chi connectivity index (χ1) is 16.5. The van der Waals surface area contributed by atoms with Crippen molar-refractivity contribution in [3.8, 4) is 11.5 Å². The first kappa shape index (κ1) is 23.6. The van der Waals surface area contributed by atoms with E-state index < -0.39 is 0 Å². The van der Waals surface area contributed by atoms with Crippen LogP contribution >= 0.6 is 0 Å². The third-order valence-electron chi connectivity index (χ3n) is 6.63. The van der Waals surface area contributed by atoms with Gasteiger partial charge in [0.15, 0.2) is 11.5 Å². The minimum Gasteiger partial charge on any atom is -0.493 e. The standard InChI is InChI=1S/C28H32N2O4/c1-5-14-29(28(32)23-12-8-10-20-9-6-7-11-22(20)23)18-27(31)30-15-13-21-16-25(33-3)26(34-4)17-24(21)19(30)2/h6-12,16-17,19H,5,13-15,18H2,1-4H3. The molecule has 0 radical (unpaired) electrons. The summed E-state index contributed by atoms with van der Waals surface area (Å²) in [6, 6.07) is 17.4. The first-order valence-corrected chi connectivity index (χ1v) is 11.8. The fourth-order valence-corrected chi connectivity index (χ4v) is 4.84. The van der Waals surface area contributed by atoms with Crippen LogP contribution in [0.15, 0.2) is 54.6 Å². The van der Waals surface area contributed by atoms with Crippen molar-refractivity contribution in [2.24, 2.45) is 0 Å². The van der Waals surface area contributed by atoms with Gasteiger partial charge in [0.25, 0.3) is 5.91 Å². The average Bonchev–Trinajstić information content (AvgIpc) is 2.87. The number of rotatable bonds is 7. The molecular weight excluding hydrogens is 428 g/mol. The number of hydrogen-bond donors (Lipinski definition) is 0. The smallest absolute Gasteiger partial charge is 0.254 e. The molecule has 0 saturated heterocycles. The van der Waals surface area contributed by atoms with Crippen LogP contribution in [0.25, 0.3) is 10.8 Å². The van der Waals surface area contributed by atoms with Crippen LogP contribution in [-0.4, -0.2) is 55.5 Å². The van der Waals surface area contributed by atoms with Crippen molar-refractivity contribution in [2.45, 2.75) is 32.7 Å². The van der Waals surface area contributed by atoms with Crippen molar-refractivity contribution >= 4 is 22.6 Å². The van der Waals surface area contributed by atoms with Gasteiger partial charge in [-0.3, -0.25) is 9.59 Å². The second kappa shape index (κ2) is 10.2. The van der Waals surface area contributed by atoms with Gasteiger partial charge in [-0.15, -0.1) is 0 Å². The van der Waals surface area contributed by atoms with Gasteiger partial charge in [0.2, 0.25) is 5.91 Å². The van der Waals surface area contributed by atoms with E-state index in [2.05, 4.69) is 0 Å². The summed E-state index contributed by atoms with van der Waals surface area (Å²) in [6.45, 7) is 5.23. The maximum atomic E-state index is 13.5. The predicted molar refractivity (Wildman–Crippen MR) is 134 cm³/mol. The van der Waals surface area contributed by atoms with Crippen LogP contribution in [0.1, 0.15) is 47.8 Å². The van der Waals surface area contributed by atoms with Crippen molar-refractivity contribution in [1.29, 1.82) is 0 Å². The van der Waals surface area contributed by atoms with E-state index in [1.165, 1.54) is 0 Å². The zero-order valence-corrected chi connectivity index (χ0v) is 20.3. The van der Waals surface area contributed by atoms with Gasteiger partial charge in [0.05, 0.1) is 20.3 Å². The van der Waals surface area contributed by atoms with Gasteiger partial charge in [-0.05, 0) is 59.9 Å². The molecule has 0 N–H and O–H groups in total. The number of carbonyl (C=O) groups excluding carboxylic acids is 2. The van der Waals surface area contributed by atoms with E-state index in [9.17, 15) is 9.59 Å². The van der Waals surface area contributed by atoms with E-state index in [1.54, 1.807) is 19.1 Å². The van der Waals surface area contributed by atoms with E-state index in [4.69, 9.17) is 9.47 Å². The van der Waals surface area contributed by atoms with E-state index in [1.807, 2.05) is 73.3 Å². The van der Waals surface area contributed by atoms with Crippen LogP contribution in [-0.2, 0) is 11.2 Å². The fourth-order valence-electron chi connectivity index (χ4n) is 4.84. The molecule has 1 heterocycles. The Morgan fingerprint density at radius 1 is 1.03 bits per heavy atom. The van der Waals surface area contributed by atoms with E-state index in [0.717, 1.165) is 34.7 Å². The van der Waals surface area contributed by atoms with Gasteiger partial charge < -0.3 is 19.3 Å². The van der Waals surface area contributed by atoms with E-state index in [0.29, 0.717) is 30.2 Å². The summed E-state index contributed by atoms with van der Waals surface area (Å²) < 4.78 is 10.9. The molecule has 6 nitrogen and oxygen atoms in total. The quantitative estimate of drug-likeness (QED) is 0.506.